The first-order chi connectivity index (χ1) is 5.90. The molecule has 0 bridgehead atoms. The molecule has 5 nitrogen and oxygen atoms in total. The molecule has 0 saturated heterocycles. The Balaban J connectivity index is 2.35. The van der Waals surface area contributed by atoms with E-state index in [1.54, 1.807) is 11.7 Å². The van der Waals surface area contributed by atoms with Gasteiger partial charge in [0.15, 0.2) is 5.82 Å². The van der Waals surface area contributed by atoms with Crippen LogP contribution in [-0.2, 0) is 6.61 Å². The minimum Gasteiger partial charge on any atom is -0.388 e. The molecule has 0 radical (unpaired) electrons. The van der Waals surface area contributed by atoms with Crippen molar-refractivity contribution in [1.82, 2.24) is 15.1 Å². The van der Waals surface area contributed by atoms with Crippen LogP contribution in [0.25, 0.3) is 10.8 Å². The van der Waals surface area contributed by atoms with Crippen molar-refractivity contribution in [2.24, 2.45) is 0 Å². The van der Waals surface area contributed by atoms with Crippen molar-refractivity contribution >= 4 is 11.3 Å². The molecule has 0 amide bonds. The summed E-state index contributed by atoms with van der Waals surface area (Å²) in [6.07, 6.45) is 1.64. The molecule has 0 aromatic carbocycles. The fourth-order valence-corrected chi connectivity index (χ4v) is 1.28. The maximum Gasteiger partial charge on any atom is 0.269 e. The Morgan fingerprint density at radius 3 is 3.08 bits per heavy atom. The maximum atomic E-state index is 8.65. The van der Waals surface area contributed by atoms with E-state index in [1.165, 1.54) is 11.3 Å². The molecular formula is C6H5N3O2S. The van der Waals surface area contributed by atoms with E-state index in [0.717, 1.165) is 4.88 Å². The molecule has 12 heavy (non-hydrogen) atoms. The zero-order chi connectivity index (χ0) is 8.39. The van der Waals surface area contributed by atoms with Crippen LogP contribution in [0, 0.1) is 0 Å². The van der Waals surface area contributed by atoms with Crippen molar-refractivity contribution in [3.05, 3.63) is 17.5 Å². The monoisotopic (exact) mass is 183 g/mol. The lowest BCUT2D eigenvalue weighted by Gasteiger charge is -1.80. The molecule has 0 aliphatic heterocycles. The van der Waals surface area contributed by atoms with Crippen molar-refractivity contribution in [2.75, 3.05) is 0 Å². The quantitative estimate of drug-likeness (QED) is 0.741. The first-order valence-corrected chi connectivity index (χ1v) is 4.10. The first kappa shape index (κ1) is 7.38. The minimum atomic E-state index is -0.206. The molecule has 0 spiro atoms. The van der Waals surface area contributed by atoms with Gasteiger partial charge in [-0.25, -0.2) is 0 Å². The Hall–Kier alpha value is -1.27. The van der Waals surface area contributed by atoms with Crippen LogP contribution in [0.4, 0.5) is 0 Å². The third kappa shape index (κ3) is 1.21. The van der Waals surface area contributed by atoms with Crippen molar-refractivity contribution in [1.29, 1.82) is 0 Å². The van der Waals surface area contributed by atoms with E-state index in [1.807, 2.05) is 0 Å². The second-order valence-corrected chi connectivity index (χ2v) is 2.93. The van der Waals surface area contributed by atoms with Gasteiger partial charge in [-0.3, -0.25) is 4.98 Å². The standard InChI is InChI=1S/C6H5N3O2S/c10-2-5-8-6(11-9-5)4-1-7-3-12-4/h1,3,10H,2H2. The maximum absolute atomic E-state index is 8.65. The van der Waals surface area contributed by atoms with E-state index < -0.39 is 0 Å². The summed E-state index contributed by atoms with van der Waals surface area (Å²) in [4.78, 5) is 8.58. The molecule has 0 fully saturated rings. The van der Waals surface area contributed by atoms with Gasteiger partial charge in [0.25, 0.3) is 5.89 Å². The van der Waals surface area contributed by atoms with Gasteiger partial charge < -0.3 is 9.63 Å². The average Bonchev–Trinajstić information content (AvgIpc) is 2.75. The fourth-order valence-electron chi connectivity index (χ4n) is 0.740. The molecule has 0 saturated carbocycles. The molecule has 2 aromatic rings. The van der Waals surface area contributed by atoms with Crippen LogP contribution in [0.5, 0.6) is 0 Å². The van der Waals surface area contributed by atoms with Crippen LogP contribution < -0.4 is 0 Å². The van der Waals surface area contributed by atoms with Crippen molar-refractivity contribution in [2.45, 2.75) is 6.61 Å². The largest absolute Gasteiger partial charge is 0.388 e. The molecule has 6 heteroatoms. The van der Waals surface area contributed by atoms with Crippen molar-refractivity contribution in [3.63, 3.8) is 0 Å². The molecule has 1 N–H and O–H groups in total. The Bertz CT molecular complexity index is 357. The number of hydrogen-bond donors (Lipinski definition) is 1. The molecule has 2 aromatic heterocycles. The van der Waals surface area contributed by atoms with Crippen LogP contribution in [0.1, 0.15) is 5.82 Å². The van der Waals surface area contributed by atoms with E-state index in [9.17, 15) is 0 Å². The predicted octanol–water partition coefficient (Wildman–Crippen LogP) is 0.685. The average molecular weight is 183 g/mol. The van der Waals surface area contributed by atoms with E-state index in [4.69, 9.17) is 9.63 Å². The summed E-state index contributed by atoms with van der Waals surface area (Å²) in [5.41, 5.74) is 1.68. The lowest BCUT2D eigenvalue weighted by Crippen LogP contribution is -1.83. The lowest BCUT2D eigenvalue weighted by molar-refractivity contribution is 0.264. The van der Waals surface area contributed by atoms with Gasteiger partial charge in [0.1, 0.15) is 11.5 Å². The highest BCUT2D eigenvalue weighted by atomic mass is 32.1. The molecule has 0 unspecified atom stereocenters. The second-order valence-electron chi connectivity index (χ2n) is 2.04. The highest BCUT2D eigenvalue weighted by Gasteiger charge is 2.08. The second kappa shape index (κ2) is 3.00. The summed E-state index contributed by atoms with van der Waals surface area (Å²) in [6.45, 7) is -0.206. The summed E-state index contributed by atoms with van der Waals surface area (Å²) in [5, 5.41) is 12.2. The highest BCUT2D eigenvalue weighted by molar-refractivity contribution is 7.13. The van der Waals surface area contributed by atoms with E-state index in [-0.39, 0.29) is 6.61 Å². The van der Waals surface area contributed by atoms with E-state index >= 15 is 0 Å². The third-order valence-corrected chi connectivity index (χ3v) is 2.01. The normalized spacial score (nSPS) is 10.4. The van der Waals surface area contributed by atoms with Crippen molar-refractivity contribution in [3.8, 4) is 10.8 Å². The van der Waals surface area contributed by atoms with Crippen LogP contribution in [-0.4, -0.2) is 20.2 Å². The fraction of sp³-hybridized carbons (Fsp3) is 0.167. The number of hydrogen-bond acceptors (Lipinski definition) is 6. The number of aliphatic hydroxyl groups excluding tert-OH is 1. The molecule has 2 rings (SSSR count). The topological polar surface area (TPSA) is 72.0 Å². The van der Waals surface area contributed by atoms with Gasteiger partial charge in [0.05, 0.1) is 11.7 Å². The van der Waals surface area contributed by atoms with Crippen LogP contribution >= 0.6 is 11.3 Å². The highest BCUT2D eigenvalue weighted by Crippen LogP contribution is 2.20. The molecule has 0 atom stereocenters. The number of nitrogens with zero attached hydrogens (tertiary/aromatic N) is 3. The van der Waals surface area contributed by atoms with Gasteiger partial charge in [0, 0.05) is 0 Å². The van der Waals surface area contributed by atoms with Gasteiger partial charge >= 0.3 is 0 Å². The van der Waals surface area contributed by atoms with Crippen LogP contribution in [0.3, 0.4) is 0 Å². The SMILES string of the molecule is OCc1noc(-c2cncs2)n1. The molecular weight excluding hydrogens is 178 g/mol. The molecule has 0 aliphatic rings. The predicted molar refractivity (Wildman–Crippen MR) is 41.3 cm³/mol. The summed E-state index contributed by atoms with van der Waals surface area (Å²) in [6, 6.07) is 0. The molecule has 62 valence electrons. The Labute approximate surface area is 71.7 Å². The Morgan fingerprint density at radius 1 is 1.58 bits per heavy atom. The van der Waals surface area contributed by atoms with Gasteiger partial charge in [-0.15, -0.1) is 11.3 Å². The Kier molecular flexibility index (Phi) is 1.84. The van der Waals surface area contributed by atoms with Gasteiger partial charge in [-0.05, 0) is 0 Å². The third-order valence-electron chi connectivity index (χ3n) is 1.25. The van der Waals surface area contributed by atoms with Crippen LogP contribution in [0.2, 0.25) is 0 Å². The summed E-state index contributed by atoms with van der Waals surface area (Å²) in [7, 11) is 0. The van der Waals surface area contributed by atoms with Crippen molar-refractivity contribution < 1.29 is 9.63 Å². The van der Waals surface area contributed by atoms with Gasteiger partial charge in [0.2, 0.25) is 0 Å². The van der Waals surface area contributed by atoms with E-state index in [2.05, 4.69) is 15.1 Å². The van der Waals surface area contributed by atoms with Crippen LogP contribution in [0.15, 0.2) is 16.2 Å². The summed E-state index contributed by atoms with van der Waals surface area (Å²) in [5.74, 6) is 0.694. The van der Waals surface area contributed by atoms with Gasteiger partial charge in [-0.1, -0.05) is 5.16 Å². The number of thiazole rings is 1. The zero-order valence-electron chi connectivity index (χ0n) is 5.97. The summed E-state index contributed by atoms with van der Waals surface area (Å²) >= 11 is 1.41. The van der Waals surface area contributed by atoms with E-state index in [0.29, 0.717) is 11.7 Å². The zero-order valence-corrected chi connectivity index (χ0v) is 6.78. The smallest absolute Gasteiger partial charge is 0.269 e. The lowest BCUT2D eigenvalue weighted by atomic mass is 10.5. The Morgan fingerprint density at radius 2 is 2.50 bits per heavy atom. The summed E-state index contributed by atoms with van der Waals surface area (Å²) < 4.78 is 4.85. The molecule has 0 aliphatic carbocycles. The number of rotatable bonds is 2. The number of aromatic nitrogens is 3. The molecule has 2 heterocycles. The minimum absolute atomic E-state index is 0.206. The first-order valence-electron chi connectivity index (χ1n) is 3.22. The van der Waals surface area contributed by atoms with Gasteiger partial charge in [-0.2, -0.15) is 4.98 Å². The number of aliphatic hydroxyl groups is 1.